The van der Waals surface area contributed by atoms with Crippen molar-refractivity contribution < 1.29 is 13.3 Å². The molecular formula is C68H48N2O3. The molecule has 0 atom stereocenters. The highest BCUT2D eigenvalue weighted by molar-refractivity contribution is 6.21. The molecule has 3 aliphatic rings. The van der Waals surface area contributed by atoms with Crippen LogP contribution in [0.1, 0.15) is 74.9 Å². The summed E-state index contributed by atoms with van der Waals surface area (Å²) in [5, 5.41) is 6.84. The maximum Gasteiger partial charge on any atom is 0.145 e. The van der Waals surface area contributed by atoms with E-state index in [0.29, 0.717) is 0 Å². The molecule has 0 saturated carbocycles. The van der Waals surface area contributed by atoms with Crippen LogP contribution >= 0.6 is 0 Å². The van der Waals surface area contributed by atoms with Gasteiger partial charge in [0, 0.05) is 89.0 Å². The van der Waals surface area contributed by atoms with Gasteiger partial charge in [0.2, 0.25) is 0 Å². The van der Waals surface area contributed by atoms with E-state index in [-0.39, 0.29) is 16.2 Å². The number of hydrogen-bond acceptors (Lipinski definition) is 5. The molecule has 3 aliphatic carbocycles. The zero-order chi connectivity index (χ0) is 48.9. The molecule has 16 rings (SSSR count). The number of benzene rings is 9. The molecule has 0 amide bonds. The number of anilines is 3. The Morgan fingerprint density at radius 2 is 0.877 bits per heavy atom. The number of para-hydroxylation sites is 3. The second kappa shape index (κ2) is 13.8. The predicted octanol–water partition coefficient (Wildman–Crippen LogP) is 18.8. The van der Waals surface area contributed by atoms with Crippen molar-refractivity contribution in [2.75, 3.05) is 4.90 Å². The van der Waals surface area contributed by atoms with E-state index in [1.807, 2.05) is 18.3 Å². The van der Waals surface area contributed by atoms with Gasteiger partial charge >= 0.3 is 0 Å². The minimum Gasteiger partial charge on any atom is -0.456 e. The average molecular weight is 941 g/mol. The highest BCUT2D eigenvalue weighted by atomic mass is 16.3. The summed E-state index contributed by atoms with van der Waals surface area (Å²) >= 11 is 0. The fourth-order valence-electron chi connectivity index (χ4n) is 13.9. The van der Waals surface area contributed by atoms with Crippen LogP contribution in [0.2, 0.25) is 0 Å². The summed E-state index contributed by atoms with van der Waals surface area (Å²) in [7, 11) is 0. The third-order valence-corrected chi connectivity index (χ3v) is 17.2. The number of aromatic nitrogens is 1. The lowest BCUT2D eigenvalue weighted by molar-refractivity contribution is 0.600. The lowest BCUT2D eigenvalue weighted by atomic mass is 9.72. The maximum absolute atomic E-state index is 7.07. The first-order valence-electron chi connectivity index (χ1n) is 25.5. The molecule has 0 fully saturated rings. The molecule has 5 heteroatoms. The largest absolute Gasteiger partial charge is 0.456 e. The maximum atomic E-state index is 7.07. The monoisotopic (exact) mass is 940 g/mol. The molecule has 4 heterocycles. The van der Waals surface area contributed by atoms with Crippen LogP contribution in [0.4, 0.5) is 17.1 Å². The van der Waals surface area contributed by atoms with Crippen molar-refractivity contribution in [2.24, 2.45) is 0 Å². The van der Waals surface area contributed by atoms with Gasteiger partial charge in [0.1, 0.15) is 33.5 Å². The summed E-state index contributed by atoms with van der Waals surface area (Å²) in [4.78, 5) is 7.30. The highest BCUT2D eigenvalue weighted by Crippen LogP contribution is 2.64. The predicted molar refractivity (Wildman–Crippen MR) is 299 cm³/mol. The second-order valence-corrected chi connectivity index (χ2v) is 22.2. The Balaban J connectivity index is 0.934. The van der Waals surface area contributed by atoms with Crippen LogP contribution in [-0.2, 0) is 16.2 Å². The third-order valence-electron chi connectivity index (χ3n) is 17.2. The van der Waals surface area contributed by atoms with Crippen LogP contribution in [0, 0.1) is 0 Å². The van der Waals surface area contributed by atoms with E-state index in [1.165, 1.54) is 72.1 Å². The highest BCUT2D eigenvalue weighted by Gasteiger charge is 2.49. The van der Waals surface area contributed by atoms with Gasteiger partial charge in [-0.1, -0.05) is 139 Å². The number of rotatable bonds is 4. The van der Waals surface area contributed by atoms with Crippen LogP contribution in [0.5, 0.6) is 0 Å². The van der Waals surface area contributed by atoms with E-state index >= 15 is 0 Å². The zero-order valence-electron chi connectivity index (χ0n) is 41.4. The van der Waals surface area contributed by atoms with Crippen LogP contribution in [-0.4, -0.2) is 4.98 Å². The standard InChI is InChI=1S/C68H48N2O3/c1-66(2)49-33-37(27-30-43(49)57-51(66)36-47(52-22-15-16-32-69-52)64-59(57)45-19-9-13-24-54(45)72-64)70(39-26-29-41-40-17-8-12-23-53(40)71-56(41)35-39)38-28-31-44-50(34-38)68(5,6)63-61(44)65-60(46-20-10-14-25-55(46)73-65)58-42-18-7-11-21-48(42)67(3,4)62(58)63/h7-36H,1-6H3. The first-order chi connectivity index (χ1) is 35.5. The molecule has 13 aromatic rings. The van der Waals surface area contributed by atoms with E-state index < -0.39 is 0 Å². The Morgan fingerprint density at radius 3 is 1.59 bits per heavy atom. The molecular weight excluding hydrogens is 893 g/mol. The molecule has 0 unspecified atom stereocenters. The molecule has 9 aromatic carbocycles. The van der Waals surface area contributed by atoms with Crippen molar-refractivity contribution in [3.8, 4) is 44.6 Å². The third kappa shape index (κ3) is 5.19. The van der Waals surface area contributed by atoms with Crippen molar-refractivity contribution in [3.63, 3.8) is 0 Å². The topological polar surface area (TPSA) is 55.6 Å². The van der Waals surface area contributed by atoms with E-state index in [2.05, 4.69) is 210 Å². The minimum atomic E-state index is -0.378. The van der Waals surface area contributed by atoms with Crippen LogP contribution < -0.4 is 4.90 Å². The van der Waals surface area contributed by atoms with Crippen LogP contribution in [0.3, 0.4) is 0 Å². The van der Waals surface area contributed by atoms with E-state index in [4.69, 9.17) is 18.2 Å². The van der Waals surface area contributed by atoms with Crippen molar-refractivity contribution >= 4 is 82.9 Å². The van der Waals surface area contributed by atoms with Crippen LogP contribution in [0.15, 0.2) is 195 Å². The second-order valence-electron chi connectivity index (χ2n) is 22.2. The lowest BCUT2D eigenvalue weighted by Crippen LogP contribution is -2.24. The summed E-state index contributed by atoms with van der Waals surface area (Å²) in [5.74, 6) is 0. The number of hydrogen-bond donors (Lipinski definition) is 0. The molecule has 5 nitrogen and oxygen atoms in total. The molecule has 0 aliphatic heterocycles. The quantitative estimate of drug-likeness (QED) is 0.176. The Hall–Kier alpha value is -8.67. The Bertz CT molecular complexity index is 4600. The number of furan rings is 3. The van der Waals surface area contributed by atoms with Gasteiger partial charge < -0.3 is 18.2 Å². The molecule has 4 aromatic heterocycles. The Labute approximate surface area is 421 Å². The van der Waals surface area contributed by atoms with Gasteiger partial charge in [-0.05, 0) is 134 Å². The average Bonchev–Trinajstić information content (AvgIpc) is 4.35. The summed E-state index contributed by atoms with van der Waals surface area (Å²) in [5.41, 5.74) is 24.9. The first-order valence-corrected chi connectivity index (χ1v) is 25.5. The van der Waals surface area contributed by atoms with Gasteiger partial charge in [-0.15, -0.1) is 0 Å². The molecule has 0 N–H and O–H groups in total. The Morgan fingerprint density at radius 1 is 0.356 bits per heavy atom. The van der Waals surface area contributed by atoms with Crippen molar-refractivity contribution in [2.45, 2.75) is 57.8 Å². The minimum absolute atomic E-state index is 0.236. The molecule has 0 bridgehead atoms. The summed E-state index contributed by atoms with van der Waals surface area (Å²) in [6, 6.07) is 63.8. The lowest BCUT2D eigenvalue weighted by Gasteiger charge is -2.32. The van der Waals surface area contributed by atoms with Crippen molar-refractivity contribution in [3.05, 3.63) is 216 Å². The number of nitrogens with zero attached hydrogens (tertiary/aromatic N) is 2. The van der Waals surface area contributed by atoms with Gasteiger partial charge in [-0.2, -0.15) is 0 Å². The SMILES string of the molecule is CC1(C)c2cc(N(c3ccc4c(c3)C(C)(C)c3c5c(c6c(oc7ccccc76)c3-4)-c3ccccc3C5(C)C)c3ccc4c(c3)oc3ccccc34)ccc2-c2c1cc(-c1ccccn1)c1oc3ccccc3c21. The zero-order valence-corrected chi connectivity index (χ0v) is 41.4. The van der Waals surface area contributed by atoms with Gasteiger partial charge in [0.05, 0.1) is 5.69 Å². The summed E-state index contributed by atoms with van der Waals surface area (Å²) in [6.45, 7) is 14.4. The smallest absolute Gasteiger partial charge is 0.145 e. The van der Waals surface area contributed by atoms with Gasteiger partial charge in [-0.25, -0.2) is 0 Å². The van der Waals surface area contributed by atoms with E-state index in [9.17, 15) is 0 Å². The molecule has 73 heavy (non-hydrogen) atoms. The fraction of sp³-hybridized carbons (Fsp3) is 0.132. The molecule has 0 radical (unpaired) electrons. The van der Waals surface area contributed by atoms with Crippen molar-refractivity contribution in [1.82, 2.24) is 4.98 Å². The van der Waals surface area contributed by atoms with Gasteiger partial charge in [0.15, 0.2) is 0 Å². The van der Waals surface area contributed by atoms with E-state index in [1.54, 1.807) is 0 Å². The summed E-state index contributed by atoms with van der Waals surface area (Å²) < 4.78 is 20.5. The Kier molecular flexibility index (Phi) is 7.77. The molecule has 0 saturated heterocycles. The van der Waals surface area contributed by atoms with Gasteiger partial charge in [-0.3, -0.25) is 4.98 Å². The first kappa shape index (κ1) is 41.0. The van der Waals surface area contributed by atoms with Gasteiger partial charge in [0.25, 0.3) is 0 Å². The fourth-order valence-corrected chi connectivity index (χ4v) is 13.9. The molecule has 0 spiro atoms. The number of pyridine rings is 1. The van der Waals surface area contributed by atoms with Crippen LogP contribution in [0.25, 0.3) is 110 Å². The number of fused-ring (bicyclic) bond motifs is 22. The molecule has 348 valence electrons. The summed E-state index contributed by atoms with van der Waals surface area (Å²) in [6.07, 6.45) is 1.87. The van der Waals surface area contributed by atoms with E-state index in [0.717, 1.165) is 88.7 Å². The van der Waals surface area contributed by atoms with Crippen molar-refractivity contribution in [1.29, 1.82) is 0 Å². The normalized spacial score (nSPS) is 15.3.